The minimum Gasteiger partial charge on any atom is -0.339 e. The highest BCUT2D eigenvalue weighted by Gasteiger charge is 2.25. The van der Waals surface area contributed by atoms with E-state index in [-0.39, 0.29) is 18.0 Å². The molecule has 3 aromatic rings. The fraction of sp³-hybridized carbons (Fsp3) is 0.381. The summed E-state index contributed by atoms with van der Waals surface area (Å²) in [4.78, 5) is 35.7. The summed E-state index contributed by atoms with van der Waals surface area (Å²) >= 11 is 1.50. The first kappa shape index (κ1) is 18.8. The van der Waals surface area contributed by atoms with E-state index in [1.807, 2.05) is 24.0 Å². The van der Waals surface area contributed by atoms with Crippen LogP contribution < -0.4 is 5.56 Å². The number of benzene rings is 1. The fourth-order valence-corrected chi connectivity index (χ4v) is 4.58. The summed E-state index contributed by atoms with van der Waals surface area (Å²) < 4.78 is 1.43. The van der Waals surface area contributed by atoms with Crippen molar-refractivity contribution in [3.63, 3.8) is 0 Å². The molecule has 0 spiro atoms. The average molecular weight is 397 g/mol. The SMILES string of the molecule is Cc1cc2c(=O)n(CC(=O)N3CCN(C(C)c4ccccc4)CC3)cnc2s1. The van der Waals surface area contributed by atoms with Crippen molar-refractivity contribution in [3.8, 4) is 0 Å². The number of aryl methyl sites for hydroxylation is 1. The molecule has 28 heavy (non-hydrogen) atoms. The van der Waals surface area contributed by atoms with Gasteiger partial charge in [-0.2, -0.15) is 0 Å². The molecule has 2 aromatic heterocycles. The third-order valence-electron chi connectivity index (χ3n) is 5.44. The van der Waals surface area contributed by atoms with E-state index in [1.165, 1.54) is 27.8 Å². The maximum absolute atomic E-state index is 12.7. The number of rotatable bonds is 4. The summed E-state index contributed by atoms with van der Waals surface area (Å²) in [6.45, 7) is 7.23. The molecule has 1 atom stereocenters. The molecule has 1 amide bonds. The van der Waals surface area contributed by atoms with Crippen LogP contribution in [0.2, 0.25) is 0 Å². The van der Waals surface area contributed by atoms with Gasteiger partial charge in [-0.05, 0) is 25.5 Å². The molecule has 1 unspecified atom stereocenters. The molecule has 3 heterocycles. The highest BCUT2D eigenvalue weighted by Crippen LogP contribution is 2.22. The first-order valence-corrected chi connectivity index (χ1v) is 10.4. The van der Waals surface area contributed by atoms with Gasteiger partial charge in [0.15, 0.2) is 0 Å². The third kappa shape index (κ3) is 3.72. The Labute approximate surface area is 168 Å². The molecule has 0 bridgehead atoms. The van der Waals surface area contributed by atoms with Gasteiger partial charge >= 0.3 is 0 Å². The topological polar surface area (TPSA) is 58.4 Å². The van der Waals surface area contributed by atoms with Gasteiger partial charge in [-0.3, -0.25) is 19.1 Å². The minimum atomic E-state index is -0.140. The molecule has 6 nitrogen and oxygen atoms in total. The van der Waals surface area contributed by atoms with Crippen LogP contribution >= 0.6 is 11.3 Å². The number of fused-ring (bicyclic) bond motifs is 1. The summed E-state index contributed by atoms with van der Waals surface area (Å²) in [6.07, 6.45) is 1.49. The average Bonchev–Trinajstić information content (AvgIpc) is 3.11. The molecule has 1 aliphatic rings. The number of piperazine rings is 1. The zero-order chi connectivity index (χ0) is 19.7. The van der Waals surface area contributed by atoms with Crippen molar-refractivity contribution in [1.82, 2.24) is 19.4 Å². The van der Waals surface area contributed by atoms with Gasteiger partial charge in [-0.15, -0.1) is 11.3 Å². The highest BCUT2D eigenvalue weighted by atomic mass is 32.1. The lowest BCUT2D eigenvalue weighted by Gasteiger charge is -2.38. The van der Waals surface area contributed by atoms with Crippen LogP contribution in [0.25, 0.3) is 10.2 Å². The molecular formula is C21H24N4O2S. The Kier molecular flexibility index (Phi) is 5.28. The Morgan fingerprint density at radius 1 is 1.18 bits per heavy atom. The smallest absolute Gasteiger partial charge is 0.262 e. The van der Waals surface area contributed by atoms with Crippen molar-refractivity contribution in [2.24, 2.45) is 0 Å². The van der Waals surface area contributed by atoms with Crippen LogP contribution in [0.3, 0.4) is 0 Å². The number of carbonyl (C=O) groups excluding carboxylic acids is 1. The largest absolute Gasteiger partial charge is 0.339 e. The molecule has 7 heteroatoms. The normalized spacial score (nSPS) is 16.4. The van der Waals surface area contributed by atoms with Gasteiger partial charge in [0.2, 0.25) is 5.91 Å². The van der Waals surface area contributed by atoms with E-state index in [4.69, 9.17) is 0 Å². The standard InChI is InChI=1S/C21H24N4O2S/c1-15-12-18-20(28-15)22-14-25(21(18)27)13-19(26)24-10-8-23(9-11-24)16(2)17-6-4-3-5-7-17/h3-7,12,14,16H,8-11,13H2,1-2H3. The van der Waals surface area contributed by atoms with E-state index in [0.717, 1.165) is 22.8 Å². The van der Waals surface area contributed by atoms with E-state index in [0.29, 0.717) is 24.5 Å². The Hall–Kier alpha value is -2.51. The van der Waals surface area contributed by atoms with Gasteiger partial charge in [0, 0.05) is 37.1 Å². The van der Waals surface area contributed by atoms with Gasteiger partial charge < -0.3 is 4.90 Å². The predicted octanol–water partition coefficient (Wildman–Crippen LogP) is 2.67. The molecule has 4 rings (SSSR count). The highest BCUT2D eigenvalue weighted by molar-refractivity contribution is 7.18. The molecule has 1 aliphatic heterocycles. The predicted molar refractivity (Wildman–Crippen MR) is 112 cm³/mol. The van der Waals surface area contributed by atoms with Gasteiger partial charge in [-0.25, -0.2) is 4.98 Å². The van der Waals surface area contributed by atoms with Crippen molar-refractivity contribution < 1.29 is 4.79 Å². The molecular weight excluding hydrogens is 372 g/mol. The quantitative estimate of drug-likeness (QED) is 0.680. The molecule has 0 aliphatic carbocycles. The molecule has 1 aromatic carbocycles. The lowest BCUT2D eigenvalue weighted by Crippen LogP contribution is -2.50. The van der Waals surface area contributed by atoms with Gasteiger partial charge in [0.05, 0.1) is 11.7 Å². The van der Waals surface area contributed by atoms with Crippen LogP contribution in [0.15, 0.2) is 47.5 Å². The summed E-state index contributed by atoms with van der Waals surface area (Å²) in [5.41, 5.74) is 1.15. The summed E-state index contributed by atoms with van der Waals surface area (Å²) in [5, 5.41) is 0.597. The number of aromatic nitrogens is 2. The van der Waals surface area contributed by atoms with Crippen LogP contribution in [-0.2, 0) is 11.3 Å². The zero-order valence-corrected chi connectivity index (χ0v) is 17.0. The number of nitrogens with zero attached hydrogens (tertiary/aromatic N) is 4. The first-order chi connectivity index (χ1) is 13.5. The second kappa shape index (κ2) is 7.85. The van der Waals surface area contributed by atoms with E-state index in [1.54, 1.807) is 0 Å². The monoisotopic (exact) mass is 396 g/mol. The number of hydrogen-bond acceptors (Lipinski definition) is 5. The summed E-state index contributed by atoms with van der Waals surface area (Å²) in [7, 11) is 0. The molecule has 146 valence electrons. The Morgan fingerprint density at radius 3 is 2.61 bits per heavy atom. The summed E-state index contributed by atoms with van der Waals surface area (Å²) in [6, 6.07) is 12.6. The number of thiophene rings is 1. The van der Waals surface area contributed by atoms with Crippen LogP contribution in [-0.4, -0.2) is 51.4 Å². The van der Waals surface area contributed by atoms with Crippen LogP contribution in [0.1, 0.15) is 23.4 Å². The molecule has 1 fully saturated rings. The van der Waals surface area contributed by atoms with E-state index in [2.05, 4.69) is 41.1 Å². The fourth-order valence-electron chi connectivity index (χ4n) is 3.74. The number of hydrogen-bond donors (Lipinski definition) is 0. The van der Waals surface area contributed by atoms with Crippen molar-refractivity contribution >= 4 is 27.5 Å². The van der Waals surface area contributed by atoms with Gasteiger partial charge in [0.1, 0.15) is 11.4 Å². The maximum Gasteiger partial charge on any atom is 0.262 e. The van der Waals surface area contributed by atoms with Crippen LogP contribution in [0.5, 0.6) is 0 Å². The van der Waals surface area contributed by atoms with Gasteiger partial charge in [-0.1, -0.05) is 30.3 Å². The van der Waals surface area contributed by atoms with Crippen molar-refractivity contribution in [1.29, 1.82) is 0 Å². The zero-order valence-electron chi connectivity index (χ0n) is 16.2. The van der Waals surface area contributed by atoms with Crippen LogP contribution in [0, 0.1) is 6.92 Å². The van der Waals surface area contributed by atoms with E-state index >= 15 is 0 Å². The van der Waals surface area contributed by atoms with Gasteiger partial charge in [0.25, 0.3) is 5.56 Å². The lowest BCUT2D eigenvalue weighted by atomic mass is 10.1. The first-order valence-electron chi connectivity index (χ1n) is 9.55. The maximum atomic E-state index is 12.7. The minimum absolute atomic E-state index is 0.0257. The van der Waals surface area contributed by atoms with Crippen molar-refractivity contribution in [2.75, 3.05) is 26.2 Å². The van der Waals surface area contributed by atoms with Crippen molar-refractivity contribution in [2.45, 2.75) is 26.4 Å². The molecule has 0 saturated carbocycles. The third-order valence-corrected chi connectivity index (χ3v) is 6.40. The second-order valence-corrected chi connectivity index (χ2v) is 8.49. The number of amides is 1. The molecule has 0 radical (unpaired) electrons. The van der Waals surface area contributed by atoms with Crippen LogP contribution in [0.4, 0.5) is 0 Å². The Bertz CT molecular complexity index is 1040. The van der Waals surface area contributed by atoms with E-state index < -0.39 is 0 Å². The van der Waals surface area contributed by atoms with Crippen molar-refractivity contribution in [3.05, 3.63) is 63.5 Å². The molecule has 0 N–H and O–H groups in total. The van der Waals surface area contributed by atoms with E-state index in [9.17, 15) is 9.59 Å². The lowest BCUT2D eigenvalue weighted by molar-refractivity contribution is -0.134. The second-order valence-electron chi connectivity index (χ2n) is 7.26. The number of carbonyl (C=O) groups is 1. The summed E-state index contributed by atoms with van der Waals surface area (Å²) in [5.74, 6) is -0.0257. The molecule has 1 saturated heterocycles. The Morgan fingerprint density at radius 2 is 1.89 bits per heavy atom. The Balaban J connectivity index is 1.39.